The van der Waals surface area contributed by atoms with Gasteiger partial charge < -0.3 is 10.1 Å². The smallest absolute Gasteiger partial charge is 0.254 e. The molecule has 0 atom stereocenters. The van der Waals surface area contributed by atoms with Crippen LogP contribution in [0.25, 0.3) is 16.7 Å². The quantitative estimate of drug-likeness (QED) is 0.511. The van der Waals surface area contributed by atoms with Gasteiger partial charge in [-0.2, -0.15) is 5.10 Å². The van der Waals surface area contributed by atoms with Gasteiger partial charge in [0.05, 0.1) is 34.5 Å². The van der Waals surface area contributed by atoms with Crippen molar-refractivity contribution in [1.82, 2.24) is 20.1 Å². The molecule has 2 heterocycles. The Morgan fingerprint density at radius 2 is 1.87 bits per heavy atom. The second-order valence-corrected chi connectivity index (χ2v) is 7.39. The predicted octanol–water partition coefficient (Wildman–Crippen LogP) is 4.63. The maximum Gasteiger partial charge on any atom is 0.254 e. The van der Waals surface area contributed by atoms with Crippen LogP contribution in [0.4, 0.5) is 0 Å². The molecular formula is C23H21ClN4O2. The van der Waals surface area contributed by atoms with Crippen molar-refractivity contribution < 1.29 is 9.53 Å². The second-order valence-electron chi connectivity index (χ2n) is 7.01. The number of fused-ring (bicyclic) bond motifs is 1. The van der Waals surface area contributed by atoms with E-state index in [2.05, 4.69) is 15.4 Å². The van der Waals surface area contributed by atoms with E-state index >= 15 is 0 Å². The minimum atomic E-state index is -0.303. The van der Waals surface area contributed by atoms with Gasteiger partial charge >= 0.3 is 0 Å². The summed E-state index contributed by atoms with van der Waals surface area (Å²) in [6.45, 7) is 4.21. The van der Waals surface area contributed by atoms with Crippen molar-refractivity contribution in [3.8, 4) is 11.4 Å². The zero-order chi connectivity index (χ0) is 21.3. The molecule has 0 bridgehead atoms. The molecule has 0 aliphatic carbocycles. The van der Waals surface area contributed by atoms with E-state index in [0.29, 0.717) is 39.6 Å². The molecule has 152 valence electrons. The largest absolute Gasteiger partial charge is 0.496 e. The first kappa shape index (κ1) is 19.9. The highest BCUT2D eigenvalue weighted by Crippen LogP contribution is 2.30. The number of rotatable bonds is 5. The van der Waals surface area contributed by atoms with E-state index in [0.717, 1.165) is 16.8 Å². The molecule has 2 aromatic heterocycles. The number of methoxy groups -OCH3 is 1. The fraction of sp³-hybridized carbons (Fsp3) is 0.174. The van der Waals surface area contributed by atoms with Gasteiger partial charge in [-0.05, 0) is 32.0 Å². The highest BCUT2D eigenvalue weighted by atomic mass is 35.5. The number of para-hydroxylation sites is 1. The van der Waals surface area contributed by atoms with Crippen LogP contribution in [0.3, 0.4) is 0 Å². The Hall–Kier alpha value is -3.38. The van der Waals surface area contributed by atoms with Gasteiger partial charge in [0.1, 0.15) is 5.75 Å². The second kappa shape index (κ2) is 8.16. The molecule has 0 fully saturated rings. The monoisotopic (exact) mass is 420 g/mol. The average Bonchev–Trinajstić information content (AvgIpc) is 3.10. The Bertz CT molecular complexity index is 1230. The minimum Gasteiger partial charge on any atom is -0.496 e. The molecule has 6 nitrogen and oxygen atoms in total. The van der Waals surface area contributed by atoms with Gasteiger partial charge in [-0.15, -0.1) is 0 Å². The first-order chi connectivity index (χ1) is 14.5. The number of aryl methyl sites for hydroxylation is 2. The number of aromatic nitrogens is 3. The van der Waals surface area contributed by atoms with Gasteiger partial charge in [-0.3, -0.25) is 4.79 Å². The Labute approximate surface area is 179 Å². The first-order valence-corrected chi connectivity index (χ1v) is 9.88. The first-order valence-electron chi connectivity index (χ1n) is 9.50. The molecule has 4 rings (SSSR count). The molecule has 0 saturated heterocycles. The molecule has 0 aliphatic rings. The van der Waals surface area contributed by atoms with Gasteiger partial charge in [-0.25, -0.2) is 9.67 Å². The van der Waals surface area contributed by atoms with Gasteiger partial charge in [-0.1, -0.05) is 47.5 Å². The van der Waals surface area contributed by atoms with Crippen LogP contribution >= 0.6 is 11.6 Å². The van der Waals surface area contributed by atoms with Crippen LogP contribution in [0.1, 0.15) is 27.2 Å². The van der Waals surface area contributed by atoms with Crippen LogP contribution in [0.5, 0.6) is 5.75 Å². The van der Waals surface area contributed by atoms with Gasteiger partial charge in [0, 0.05) is 18.3 Å². The van der Waals surface area contributed by atoms with Crippen LogP contribution in [-0.2, 0) is 6.54 Å². The molecule has 0 saturated carbocycles. The Morgan fingerprint density at radius 1 is 1.13 bits per heavy atom. The molecule has 0 radical (unpaired) electrons. The van der Waals surface area contributed by atoms with Crippen molar-refractivity contribution in [2.45, 2.75) is 20.4 Å². The highest BCUT2D eigenvalue weighted by Gasteiger charge is 2.20. The van der Waals surface area contributed by atoms with Crippen molar-refractivity contribution in [2.75, 3.05) is 7.11 Å². The van der Waals surface area contributed by atoms with E-state index < -0.39 is 0 Å². The van der Waals surface area contributed by atoms with Crippen molar-refractivity contribution in [1.29, 1.82) is 0 Å². The summed E-state index contributed by atoms with van der Waals surface area (Å²) in [6, 6.07) is 15.5. The minimum absolute atomic E-state index is 0.303. The number of nitrogens with zero attached hydrogens (tertiary/aromatic N) is 3. The Balaban J connectivity index is 1.66. The summed E-state index contributed by atoms with van der Waals surface area (Å²) in [7, 11) is 1.60. The number of carbonyl (C=O) groups excluding carboxylic acids is 1. The lowest BCUT2D eigenvalue weighted by Crippen LogP contribution is -2.23. The van der Waals surface area contributed by atoms with Gasteiger partial charge in [0.15, 0.2) is 5.65 Å². The van der Waals surface area contributed by atoms with E-state index in [-0.39, 0.29) is 5.91 Å². The highest BCUT2D eigenvalue weighted by molar-refractivity contribution is 6.38. The SMILES string of the molecule is COc1ccccc1CNC(=O)c1cnc2c(c(C)nn2-c2ccc(C)cc2)c1Cl. The summed E-state index contributed by atoms with van der Waals surface area (Å²) in [5, 5.41) is 8.49. The van der Waals surface area contributed by atoms with E-state index in [4.69, 9.17) is 16.3 Å². The van der Waals surface area contributed by atoms with Crippen LogP contribution in [0.2, 0.25) is 5.02 Å². The summed E-state index contributed by atoms with van der Waals surface area (Å²) in [4.78, 5) is 17.3. The summed E-state index contributed by atoms with van der Waals surface area (Å²) in [5.74, 6) is 0.412. The van der Waals surface area contributed by atoms with Crippen molar-refractivity contribution >= 4 is 28.5 Å². The van der Waals surface area contributed by atoms with E-state index in [9.17, 15) is 4.79 Å². The number of halogens is 1. The molecule has 0 aliphatic heterocycles. The third-order valence-electron chi connectivity index (χ3n) is 4.96. The Morgan fingerprint density at radius 3 is 2.60 bits per heavy atom. The molecular weight excluding hydrogens is 400 g/mol. The molecule has 7 heteroatoms. The zero-order valence-corrected chi connectivity index (χ0v) is 17.7. The van der Waals surface area contributed by atoms with Gasteiger partial charge in [0.25, 0.3) is 5.91 Å². The summed E-state index contributed by atoms with van der Waals surface area (Å²) in [6.07, 6.45) is 1.49. The lowest BCUT2D eigenvalue weighted by Gasteiger charge is -2.10. The number of pyridine rings is 1. The number of nitrogens with one attached hydrogen (secondary N) is 1. The topological polar surface area (TPSA) is 69.0 Å². The van der Waals surface area contributed by atoms with Crippen molar-refractivity contribution in [2.24, 2.45) is 0 Å². The van der Waals surface area contributed by atoms with Crippen molar-refractivity contribution in [3.05, 3.63) is 82.1 Å². The molecule has 0 unspecified atom stereocenters. The third-order valence-corrected chi connectivity index (χ3v) is 5.36. The molecule has 0 spiro atoms. The number of carbonyl (C=O) groups is 1. The Kier molecular flexibility index (Phi) is 5.42. The normalized spacial score (nSPS) is 10.9. The maximum absolute atomic E-state index is 12.8. The standard InChI is InChI=1S/C23H21ClN4O2/c1-14-8-10-17(11-9-14)28-22-20(15(2)27-28)21(24)18(13-25-22)23(29)26-12-16-6-4-5-7-19(16)30-3/h4-11,13H,12H2,1-3H3,(H,26,29). The van der Waals surface area contributed by atoms with E-state index in [1.165, 1.54) is 6.20 Å². The molecule has 4 aromatic rings. The average molecular weight is 421 g/mol. The lowest BCUT2D eigenvalue weighted by molar-refractivity contribution is 0.0950. The fourth-order valence-corrected chi connectivity index (χ4v) is 3.71. The van der Waals surface area contributed by atoms with Crippen LogP contribution in [-0.4, -0.2) is 27.8 Å². The number of hydrogen-bond donors (Lipinski definition) is 1. The number of ether oxygens (including phenoxy) is 1. The molecule has 30 heavy (non-hydrogen) atoms. The maximum atomic E-state index is 12.8. The zero-order valence-electron chi connectivity index (χ0n) is 16.9. The molecule has 2 aromatic carbocycles. The molecule has 1 N–H and O–H groups in total. The van der Waals surface area contributed by atoms with Crippen LogP contribution in [0.15, 0.2) is 54.7 Å². The molecule has 1 amide bonds. The van der Waals surface area contributed by atoms with Gasteiger partial charge in [0.2, 0.25) is 0 Å². The van der Waals surface area contributed by atoms with Crippen LogP contribution < -0.4 is 10.1 Å². The fourth-order valence-electron chi connectivity index (χ4n) is 3.35. The van der Waals surface area contributed by atoms with E-state index in [1.54, 1.807) is 11.8 Å². The third kappa shape index (κ3) is 3.62. The lowest BCUT2D eigenvalue weighted by atomic mass is 10.1. The van der Waals surface area contributed by atoms with Crippen molar-refractivity contribution in [3.63, 3.8) is 0 Å². The number of hydrogen-bond acceptors (Lipinski definition) is 4. The number of benzene rings is 2. The summed E-state index contributed by atoms with van der Waals surface area (Å²) in [5.41, 5.74) is 4.56. The van der Waals surface area contributed by atoms with Crippen LogP contribution in [0, 0.1) is 13.8 Å². The predicted molar refractivity (Wildman–Crippen MR) is 118 cm³/mol. The number of amides is 1. The summed E-state index contributed by atoms with van der Waals surface area (Å²) < 4.78 is 7.07. The summed E-state index contributed by atoms with van der Waals surface area (Å²) >= 11 is 6.63. The van der Waals surface area contributed by atoms with E-state index in [1.807, 2.05) is 62.4 Å².